The molecular formula is C15H15NS. The molecule has 0 amide bonds. The number of rotatable bonds is 3. The van der Waals surface area contributed by atoms with Crippen LogP contribution in [0, 0.1) is 0 Å². The van der Waals surface area contributed by atoms with Gasteiger partial charge >= 0.3 is 0 Å². The maximum atomic E-state index is 3.39. The highest BCUT2D eigenvalue weighted by Gasteiger charge is 2.09. The van der Waals surface area contributed by atoms with Gasteiger partial charge in [0.05, 0.1) is 0 Å². The van der Waals surface area contributed by atoms with Gasteiger partial charge in [0.15, 0.2) is 0 Å². The molecule has 1 nitrogen and oxygen atoms in total. The zero-order valence-electron chi connectivity index (χ0n) is 9.65. The van der Waals surface area contributed by atoms with Crippen molar-refractivity contribution in [3.63, 3.8) is 0 Å². The van der Waals surface area contributed by atoms with Crippen LogP contribution >= 0.6 is 11.8 Å². The lowest BCUT2D eigenvalue weighted by atomic mass is 10.2. The fraction of sp³-hybridized carbons (Fsp3) is 0.200. The summed E-state index contributed by atoms with van der Waals surface area (Å²) < 4.78 is 0. The highest BCUT2D eigenvalue weighted by atomic mass is 32.2. The Morgan fingerprint density at radius 1 is 1.06 bits per heavy atom. The molecule has 0 fully saturated rings. The molecule has 86 valence electrons. The van der Waals surface area contributed by atoms with Crippen LogP contribution in [0.2, 0.25) is 0 Å². The Morgan fingerprint density at radius 2 is 1.94 bits per heavy atom. The third-order valence-electron chi connectivity index (χ3n) is 3.03. The minimum absolute atomic E-state index is 1.05. The maximum absolute atomic E-state index is 3.39. The number of fused-ring (bicyclic) bond motifs is 1. The quantitative estimate of drug-likeness (QED) is 0.817. The number of hydrogen-bond acceptors (Lipinski definition) is 2. The Hall–Kier alpha value is -1.41. The third kappa shape index (κ3) is 2.47. The van der Waals surface area contributed by atoms with E-state index in [2.05, 4.69) is 53.8 Å². The molecule has 0 aromatic heterocycles. The Balaban J connectivity index is 1.70. The summed E-state index contributed by atoms with van der Waals surface area (Å²) >= 11 is 1.91. The van der Waals surface area contributed by atoms with Crippen molar-refractivity contribution in [1.29, 1.82) is 0 Å². The van der Waals surface area contributed by atoms with Crippen molar-refractivity contribution in [2.75, 3.05) is 11.9 Å². The predicted molar refractivity (Wildman–Crippen MR) is 74.6 cm³/mol. The average Bonchev–Trinajstić information content (AvgIpc) is 2.85. The standard InChI is InChI=1S/C15H15NS/c1-2-4-12(5-3-1)11-17-14-6-7-15-13(10-14)8-9-16-15/h1-7,10,16H,8-9,11H2. The maximum Gasteiger partial charge on any atom is 0.0374 e. The van der Waals surface area contributed by atoms with Crippen molar-refractivity contribution in [2.45, 2.75) is 17.1 Å². The molecule has 1 aliphatic heterocycles. The van der Waals surface area contributed by atoms with E-state index in [-0.39, 0.29) is 0 Å². The van der Waals surface area contributed by atoms with E-state index < -0.39 is 0 Å². The predicted octanol–water partition coefficient (Wildman–Crippen LogP) is 3.95. The van der Waals surface area contributed by atoms with Gasteiger partial charge in [-0.05, 0) is 35.7 Å². The van der Waals surface area contributed by atoms with Gasteiger partial charge in [-0.1, -0.05) is 30.3 Å². The van der Waals surface area contributed by atoms with Crippen molar-refractivity contribution < 1.29 is 0 Å². The van der Waals surface area contributed by atoms with E-state index in [1.165, 1.54) is 21.7 Å². The van der Waals surface area contributed by atoms with Crippen molar-refractivity contribution in [3.8, 4) is 0 Å². The third-order valence-corrected chi connectivity index (χ3v) is 4.10. The van der Waals surface area contributed by atoms with Crippen LogP contribution in [0.25, 0.3) is 0 Å². The van der Waals surface area contributed by atoms with E-state index in [9.17, 15) is 0 Å². The lowest BCUT2D eigenvalue weighted by Gasteiger charge is -2.04. The summed E-state index contributed by atoms with van der Waals surface area (Å²) in [5.41, 5.74) is 4.16. The van der Waals surface area contributed by atoms with Crippen LogP contribution in [-0.4, -0.2) is 6.54 Å². The SMILES string of the molecule is c1ccc(CSc2ccc3c(c2)CCN3)cc1. The molecule has 2 aromatic rings. The van der Waals surface area contributed by atoms with Gasteiger partial charge in [0.1, 0.15) is 0 Å². The van der Waals surface area contributed by atoms with Gasteiger partial charge in [-0.15, -0.1) is 11.8 Å². The first kappa shape index (κ1) is 10.7. The largest absolute Gasteiger partial charge is 0.384 e. The van der Waals surface area contributed by atoms with E-state index >= 15 is 0 Å². The van der Waals surface area contributed by atoms with E-state index in [0.29, 0.717) is 0 Å². The molecule has 0 atom stereocenters. The number of anilines is 1. The van der Waals surface area contributed by atoms with Gasteiger partial charge in [0.2, 0.25) is 0 Å². The molecule has 1 aliphatic rings. The van der Waals surface area contributed by atoms with Gasteiger partial charge in [-0.2, -0.15) is 0 Å². The molecule has 0 saturated carbocycles. The van der Waals surface area contributed by atoms with Gasteiger partial charge < -0.3 is 5.32 Å². The molecule has 0 unspecified atom stereocenters. The lowest BCUT2D eigenvalue weighted by molar-refractivity contribution is 1.10. The first-order chi connectivity index (χ1) is 8.42. The molecule has 0 radical (unpaired) electrons. The summed E-state index contributed by atoms with van der Waals surface area (Å²) in [5.74, 6) is 1.05. The zero-order valence-corrected chi connectivity index (χ0v) is 10.5. The lowest BCUT2D eigenvalue weighted by Crippen LogP contribution is -1.90. The van der Waals surface area contributed by atoms with E-state index in [1.807, 2.05) is 11.8 Å². The minimum atomic E-state index is 1.05. The van der Waals surface area contributed by atoms with Crippen molar-refractivity contribution in [2.24, 2.45) is 0 Å². The Labute approximate surface area is 106 Å². The molecule has 17 heavy (non-hydrogen) atoms. The van der Waals surface area contributed by atoms with E-state index in [4.69, 9.17) is 0 Å². The second-order valence-corrected chi connectivity index (χ2v) is 5.32. The number of thioether (sulfide) groups is 1. The molecule has 0 saturated heterocycles. The van der Waals surface area contributed by atoms with Crippen molar-refractivity contribution in [1.82, 2.24) is 0 Å². The van der Waals surface area contributed by atoms with Crippen LogP contribution in [-0.2, 0) is 12.2 Å². The summed E-state index contributed by atoms with van der Waals surface area (Å²) in [6.07, 6.45) is 1.16. The Kier molecular flexibility index (Phi) is 3.06. The van der Waals surface area contributed by atoms with E-state index in [0.717, 1.165) is 18.7 Å². The monoisotopic (exact) mass is 241 g/mol. The van der Waals surface area contributed by atoms with Crippen molar-refractivity contribution in [3.05, 3.63) is 59.7 Å². The summed E-state index contributed by atoms with van der Waals surface area (Å²) in [6, 6.07) is 17.4. The molecule has 2 aromatic carbocycles. The van der Waals surface area contributed by atoms with Gasteiger partial charge in [-0.25, -0.2) is 0 Å². The molecule has 1 heterocycles. The highest BCUT2D eigenvalue weighted by Crippen LogP contribution is 2.29. The smallest absolute Gasteiger partial charge is 0.0374 e. The molecule has 0 spiro atoms. The summed E-state index contributed by atoms with van der Waals surface area (Å²) in [7, 11) is 0. The van der Waals surface area contributed by atoms with Gasteiger partial charge in [0, 0.05) is 22.9 Å². The van der Waals surface area contributed by atoms with Crippen LogP contribution in [0.4, 0.5) is 5.69 Å². The molecule has 3 rings (SSSR count). The molecule has 0 aliphatic carbocycles. The topological polar surface area (TPSA) is 12.0 Å². The van der Waals surface area contributed by atoms with Crippen LogP contribution < -0.4 is 5.32 Å². The summed E-state index contributed by atoms with van der Waals surface area (Å²) in [5, 5.41) is 3.39. The number of nitrogens with one attached hydrogen (secondary N) is 1. The second kappa shape index (κ2) is 4.84. The van der Waals surface area contributed by atoms with Gasteiger partial charge in [0.25, 0.3) is 0 Å². The summed E-state index contributed by atoms with van der Waals surface area (Å²) in [4.78, 5) is 1.37. The first-order valence-corrected chi connectivity index (χ1v) is 6.94. The Morgan fingerprint density at radius 3 is 2.82 bits per heavy atom. The molecule has 2 heteroatoms. The average molecular weight is 241 g/mol. The number of hydrogen-bond donors (Lipinski definition) is 1. The van der Waals surface area contributed by atoms with Gasteiger partial charge in [-0.3, -0.25) is 0 Å². The minimum Gasteiger partial charge on any atom is -0.384 e. The fourth-order valence-electron chi connectivity index (χ4n) is 2.11. The van der Waals surface area contributed by atoms with Crippen LogP contribution in [0.1, 0.15) is 11.1 Å². The van der Waals surface area contributed by atoms with Crippen LogP contribution in [0.15, 0.2) is 53.4 Å². The normalized spacial score (nSPS) is 13.2. The first-order valence-electron chi connectivity index (χ1n) is 5.95. The zero-order chi connectivity index (χ0) is 11.5. The van der Waals surface area contributed by atoms with Crippen LogP contribution in [0.5, 0.6) is 0 Å². The molecule has 0 bridgehead atoms. The van der Waals surface area contributed by atoms with Crippen LogP contribution in [0.3, 0.4) is 0 Å². The Bertz CT molecular complexity index is 508. The molecule has 1 N–H and O–H groups in total. The highest BCUT2D eigenvalue weighted by molar-refractivity contribution is 7.98. The summed E-state index contributed by atoms with van der Waals surface area (Å²) in [6.45, 7) is 1.09. The number of benzene rings is 2. The fourth-order valence-corrected chi connectivity index (χ4v) is 3.03. The van der Waals surface area contributed by atoms with E-state index in [1.54, 1.807) is 0 Å². The van der Waals surface area contributed by atoms with Crippen molar-refractivity contribution >= 4 is 17.4 Å². The second-order valence-electron chi connectivity index (χ2n) is 4.27. The molecular weight excluding hydrogens is 226 g/mol.